The first-order chi connectivity index (χ1) is 16.2. The first-order valence-corrected chi connectivity index (χ1v) is 11.3. The van der Waals surface area contributed by atoms with Crippen LogP contribution in [0.5, 0.6) is 0 Å². The van der Waals surface area contributed by atoms with Gasteiger partial charge in [0.15, 0.2) is 6.29 Å². The van der Waals surface area contributed by atoms with Crippen molar-refractivity contribution in [1.82, 2.24) is 10.3 Å². The van der Waals surface area contributed by atoms with E-state index in [1.165, 1.54) is 0 Å². The average Bonchev–Trinajstić information content (AvgIpc) is 3.33. The number of aromatic amines is 1. The molecule has 2 N–H and O–H groups in total. The lowest BCUT2D eigenvalue weighted by Crippen LogP contribution is -2.41. The van der Waals surface area contributed by atoms with Crippen LogP contribution in [0.4, 0.5) is 4.79 Å². The maximum absolute atomic E-state index is 12.4. The maximum Gasteiger partial charge on any atom is 0.492 e. The van der Waals surface area contributed by atoms with Crippen LogP contribution < -0.4 is 5.32 Å². The summed E-state index contributed by atoms with van der Waals surface area (Å²) in [6.07, 6.45) is 3.87. The fraction of sp³-hybridized carbons (Fsp3) is 0.308. The van der Waals surface area contributed by atoms with Crippen molar-refractivity contribution in [2.24, 2.45) is 0 Å². The third-order valence-corrected chi connectivity index (χ3v) is 6.44. The number of rotatable bonds is 7. The zero-order chi connectivity index (χ0) is 24.3. The Morgan fingerprint density at radius 1 is 1.03 bits per heavy atom. The summed E-state index contributed by atoms with van der Waals surface area (Å²) in [5.74, 6) is 0. The van der Waals surface area contributed by atoms with Gasteiger partial charge in [-0.15, -0.1) is 0 Å². The van der Waals surface area contributed by atoms with Gasteiger partial charge in [-0.2, -0.15) is 0 Å². The molecule has 0 bridgehead atoms. The van der Waals surface area contributed by atoms with Crippen molar-refractivity contribution >= 4 is 36.5 Å². The van der Waals surface area contributed by atoms with Crippen LogP contribution in [0.25, 0.3) is 17.0 Å². The zero-order valence-electron chi connectivity index (χ0n) is 19.9. The number of aldehydes is 1. The van der Waals surface area contributed by atoms with Crippen molar-refractivity contribution in [3.63, 3.8) is 0 Å². The second-order valence-electron chi connectivity index (χ2n) is 9.35. The minimum atomic E-state index is -0.673. The Kier molecular flexibility index (Phi) is 6.64. The lowest BCUT2D eigenvalue weighted by Gasteiger charge is -2.32. The standard InChI is InChI=1S/C26H29BN2O5/c1-25(2)26(3,4)34-27(33-25)21(15-29-24(31)32-17-18-9-6-5-7-10-18)13-19-11-8-12-22-23(19)20(16-30)14-28-22/h5-14,16,28H,15,17H2,1-4H3,(H,29,31). The van der Waals surface area contributed by atoms with E-state index < -0.39 is 24.4 Å². The average molecular weight is 460 g/mol. The van der Waals surface area contributed by atoms with Crippen molar-refractivity contribution in [3.05, 3.63) is 76.9 Å². The van der Waals surface area contributed by atoms with E-state index in [-0.39, 0.29) is 13.2 Å². The van der Waals surface area contributed by atoms with Gasteiger partial charge in [0.2, 0.25) is 0 Å². The largest absolute Gasteiger partial charge is 0.492 e. The maximum atomic E-state index is 12.4. The van der Waals surface area contributed by atoms with Gasteiger partial charge >= 0.3 is 13.2 Å². The summed E-state index contributed by atoms with van der Waals surface area (Å²) in [6.45, 7) is 8.23. The lowest BCUT2D eigenvalue weighted by atomic mass is 9.76. The van der Waals surface area contributed by atoms with Gasteiger partial charge in [0, 0.05) is 29.2 Å². The Morgan fingerprint density at radius 2 is 1.74 bits per heavy atom. The third kappa shape index (κ3) is 4.93. The highest BCUT2D eigenvalue weighted by Gasteiger charge is 2.52. The van der Waals surface area contributed by atoms with E-state index in [0.717, 1.165) is 28.3 Å². The van der Waals surface area contributed by atoms with Crippen LogP contribution in [0.15, 0.2) is 60.2 Å². The molecule has 176 valence electrons. The molecule has 0 atom stereocenters. The van der Waals surface area contributed by atoms with Crippen molar-refractivity contribution in [2.75, 3.05) is 6.54 Å². The number of fused-ring (bicyclic) bond motifs is 1. The predicted molar refractivity (Wildman–Crippen MR) is 132 cm³/mol. The topological polar surface area (TPSA) is 89.7 Å². The van der Waals surface area contributed by atoms with Crippen LogP contribution in [0, 0.1) is 0 Å². The Hall–Kier alpha value is -3.36. The zero-order valence-corrected chi connectivity index (χ0v) is 19.9. The Balaban J connectivity index is 1.59. The molecule has 1 saturated heterocycles. The second-order valence-corrected chi connectivity index (χ2v) is 9.35. The van der Waals surface area contributed by atoms with Crippen molar-refractivity contribution in [1.29, 1.82) is 0 Å². The molecule has 0 unspecified atom stereocenters. The summed E-state index contributed by atoms with van der Waals surface area (Å²) in [6, 6.07) is 15.2. The number of carbonyl (C=O) groups is 2. The number of alkyl carbamates (subject to hydrolysis) is 1. The van der Waals surface area contributed by atoms with Crippen LogP contribution in [0.3, 0.4) is 0 Å². The van der Waals surface area contributed by atoms with Crippen molar-refractivity contribution < 1.29 is 23.6 Å². The highest BCUT2D eigenvalue weighted by molar-refractivity contribution is 6.56. The van der Waals surface area contributed by atoms with Gasteiger partial charge in [-0.3, -0.25) is 4.79 Å². The Labute approximate surface area is 199 Å². The van der Waals surface area contributed by atoms with Crippen LogP contribution in [-0.2, 0) is 20.7 Å². The van der Waals surface area contributed by atoms with E-state index >= 15 is 0 Å². The monoisotopic (exact) mass is 460 g/mol. The molecule has 4 rings (SSSR count). The molecule has 8 heteroatoms. The third-order valence-electron chi connectivity index (χ3n) is 6.44. The molecule has 1 aromatic heterocycles. The second kappa shape index (κ2) is 9.48. The van der Waals surface area contributed by atoms with Gasteiger partial charge in [0.25, 0.3) is 0 Å². The molecule has 2 heterocycles. The van der Waals surface area contributed by atoms with Gasteiger partial charge in [-0.1, -0.05) is 48.5 Å². The van der Waals surface area contributed by atoms with E-state index in [9.17, 15) is 9.59 Å². The number of nitrogens with one attached hydrogen (secondary N) is 2. The number of ether oxygens (including phenoxy) is 1. The van der Waals surface area contributed by atoms with E-state index in [1.807, 2.05) is 82.3 Å². The number of aromatic nitrogens is 1. The number of benzene rings is 2. The van der Waals surface area contributed by atoms with Crippen LogP contribution >= 0.6 is 0 Å². The SMILES string of the molecule is CC1(C)OB(C(=Cc2cccc3[nH]cc(C=O)c23)CNC(=O)OCc2ccccc2)OC1(C)C. The van der Waals surface area contributed by atoms with Gasteiger partial charge < -0.3 is 24.3 Å². The summed E-state index contributed by atoms with van der Waals surface area (Å²) in [5, 5.41) is 3.61. The van der Waals surface area contributed by atoms with Gasteiger partial charge in [-0.25, -0.2) is 4.79 Å². The normalized spacial score (nSPS) is 17.1. The van der Waals surface area contributed by atoms with E-state index in [4.69, 9.17) is 14.0 Å². The first kappa shape index (κ1) is 23.8. The van der Waals surface area contributed by atoms with E-state index in [1.54, 1.807) is 6.20 Å². The smallest absolute Gasteiger partial charge is 0.445 e. The minimum absolute atomic E-state index is 0.154. The number of carbonyl (C=O) groups excluding carboxylic acids is 2. The van der Waals surface area contributed by atoms with E-state index in [2.05, 4.69) is 10.3 Å². The van der Waals surface area contributed by atoms with Gasteiger partial charge in [0.1, 0.15) is 6.61 Å². The molecular formula is C26H29BN2O5. The summed E-state index contributed by atoms with van der Waals surface area (Å²) < 4.78 is 17.9. The molecule has 0 saturated carbocycles. The van der Waals surface area contributed by atoms with Crippen molar-refractivity contribution in [2.45, 2.75) is 45.5 Å². The molecule has 0 radical (unpaired) electrons. The summed E-state index contributed by atoms with van der Waals surface area (Å²) >= 11 is 0. The van der Waals surface area contributed by atoms with Crippen LogP contribution in [0.2, 0.25) is 0 Å². The molecule has 7 nitrogen and oxygen atoms in total. The number of hydrogen-bond donors (Lipinski definition) is 2. The molecular weight excluding hydrogens is 431 g/mol. The van der Waals surface area contributed by atoms with Crippen molar-refractivity contribution in [3.8, 4) is 0 Å². The minimum Gasteiger partial charge on any atom is -0.445 e. The molecule has 2 aromatic carbocycles. The van der Waals surface area contributed by atoms with Gasteiger partial charge in [-0.05, 0) is 50.4 Å². The molecule has 3 aromatic rings. The lowest BCUT2D eigenvalue weighted by molar-refractivity contribution is 0.00578. The molecule has 0 aliphatic carbocycles. The van der Waals surface area contributed by atoms with Crippen LogP contribution in [-0.4, -0.2) is 42.2 Å². The molecule has 0 spiro atoms. The molecule has 34 heavy (non-hydrogen) atoms. The molecule has 1 aliphatic rings. The summed E-state index contributed by atoms with van der Waals surface area (Å²) in [5.41, 5.74) is 2.76. The number of H-pyrrole nitrogens is 1. The molecule has 1 fully saturated rings. The van der Waals surface area contributed by atoms with Gasteiger partial charge in [0.05, 0.1) is 11.2 Å². The van der Waals surface area contributed by atoms with Crippen LogP contribution in [0.1, 0.15) is 49.2 Å². The molecule has 1 amide bonds. The number of hydrogen-bond acceptors (Lipinski definition) is 5. The van der Waals surface area contributed by atoms with E-state index in [0.29, 0.717) is 11.0 Å². The first-order valence-electron chi connectivity index (χ1n) is 11.3. The fourth-order valence-corrected chi connectivity index (χ4v) is 3.80. The Bertz CT molecular complexity index is 1200. The summed E-state index contributed by atoms with van der Waals surface area (Å²) in [4.78, 5) is 27.1. The highest BCUT2D eigenvalue weighted by atomic mass is 16.7. The number of amides is 1. The quantitative estimate of drug-likeness (QED) is 0.386. The Morgan fingerprint density at radius 3 is 2.41 bits per heavy atom. The summed E-state index contributed by atoms with van der Waals surface area (Å²) in [7, 11) is -0.673. The molecule has 1 aliphatic heterocycles. The fourth-order valence-electron chi connectivity index (χ4n) is 3.80. The predicted octanol–water partition coefficient (Wildman–Crippen LogP) is 4.92. The highest BCUT2D eigenvalue weighted by Crippen LogP contribution is 2.39.